The monoisotopic (exact) mass is 215 g/mol. The van der Waals surface area contributed by atoms with Crippen LogP contribution >= 0.6 is 0 Å². The summed E-state index contributed by atoms with van der Waals surface area (Å²) in [6.07, 6.45) is 3.19. The van der Waals surface area contributed by atoms with E-state index in [4.69, 9.17) is 10.00 Å². The van der Waals surface area contributed by atoms with Crippen molar-refractivity contribution in [1.82, 2.24) is 0 Å². The first kappa shape index (κ1) is 11.0. The van der Waals surface area contributed by atoms with Gasteiger partial charge in [0.1, 0.15) is 5.75 Å². The van der Waals surface area contributed by atoms with Crippen molar-refractivity contribution < 1.29 is 4.74 Å². The van der Waals surface area contributed by atoms with Crippen LogP contribution in [0.2, 0.25) is 0 Å². The Morgan fingerprint density at radius 1 is 1.31 bits per heavy atom. The molecule has 0 saturated heterocycles. The largest absolute Gasteiger partial charge is 0.491 e. The summed E-state index contributed by atoms with van der Waals surface area (Å²) in [6.45, 7) is 4.03. The number of nitriles is 1. The molecule has 1 fully saturated rings. The first-order chi connectivity index (χ1) is 7.63. The SMILES string of the molecule is CC(C)Oc1ccc(CC2(C#N)CC2)cc1. The van der Waals surface area contributed by atoms with E-state index in [0.29, 0.717) is 0 Å². The third kappa shape index (κ3) is 2.55. The van der Waals surface area contributed by atoms with Gasteiger partial charge in [0.15, 0.2) is 0 Å². The molecule has 1 saturated carbocycles. The van der Waals surface area contributed by atoms with E-state index < -0.39 is 0 Å². The summed E-state index contributed by atoms with van der Waals surface area (Å²) in [7, 11) is 0. The molecule has 0 aliphatic heterocycles. The summed E-state index contributed by atoms with van der Waals surface area (Å²) < 4.78 is 5.58. The summed E-state index contributed by atoms with van der Waals surface area (Å²) in [5, 5.41) is 9.02. The minimum Gasteiger partial charge on any atom is -0.491 e. The number of ether oxygens (including phenoxy) is 1. The van der Waals surface area contributed by atoms with Crippen molar-refractivity contribution in [3.05, 3.63) is 29.8 Å². The summed E-state index contributed by atoms with van der Waals surface area (Å²) in [4.78, 5) is 0. The highest BCUT2D eigenvalue weighted by Crippen LogP contribution is 2.47. The second-order valence-electron chi connectivity index (χ2n) is 4.88. The zero-order valence-electron chi connectivity index (χ0n) is 9.86. The van der Waals surface area contributed by atoms with Gasteiger partial charge in [-0.05, 0) is 50.8 Å². The minimum absolute atomic E-state index is 0.0551. The molecule has 0 bridgehead atoms. The van der Waals surface area contributed by atoms with Crippen LogP contribution in [0.25, 0.3) is 0 Å². The lowest BCUT2D eigenvalue weighted by Crippen LogP contribution is -2.06. The van der Waals surface area contributed by atoms with E-state index in [1.807, 2.05) is 26.0 Å². The topological polar surface area (TPSA) is 33.0 Å². The van der Waals surface area contributed by atoms with Gasteiger partial charge in [0.2, 0.25) is 0 Å². The number of nitrogens with zero attached hydrogens (tertiary/aromatic N) is 1. The van der Waals surface area contributed by atoms with Crippen molar-refractivity contribution in [2.75, 3.05) is 0 Å². The van der Waals surface area contributed by atoms with Gasteiger partial charge in [0, 0.05) is 0 Å². The first-order valence-electron chi connectivity index (χ1n) is 5.80. The van der Waals surface area contributed by atoms with E-state index in [1.165, 1.54) is 5.56 Å². The van der Waals surface area contributed by atoms with Crippen molar-refractivity contribution >= 4 is 0 Å². The molecule has 1 aromatic rings. The molecule has 2 nitrogen and oxygen atoms in total. The van der Waals surface area contributed by atoms with E-state index in [-0.39, 0.29) is 11.5 Å². The summed E-state index contributed by atoms with van der Waals surface area (Å²) in [6, 6.07) is 10.5. The smallest absolute Gasteiger partial charge is 0.119 e. The molecule has 0 radical (unpaired) electrons. The van der Waals surface area contributed by atoms with Crippen LogP contribution in [0.4, 0.5) is 0 Å². The molecule has 0 atom stereocenters. The molecule has 1 aromatic carbocycles. The highest BCUT2D eigenvalue weighted by atomic mass is 16.5. The Hall–Kier alpha value is -1.49. The van der Waals surface area contributed by atoms with Crippen LogP contribution in [0.5, 0.6) is 5.75 Å². The lowest BCUT2D eigenvalue weighted by Gasteiger charge is -2.11. The highest BCUT2D eigenvalue weighted by Gasteiger charge is 2.42. The summed E-state index contributed by atoms with van der Waals surface area (Å²) >= 11 is 0. The van der Waals surface area contributed by atoms with E-state index in [1.54, 1.807) is 0 Å². The van der Waals surface area contributed by atoms with Crippen LogP contribution in [0.3, 0.4) is 0 Å². The Balaban J connectivity index is 2.00. The average molecular weight is 215 g/mol. The molecule has 1 aliphatic carbocycles. The van der Waals surface area contributed by atoms with Crippen molar-refractivity contribution in [2.24, 2.45) is 5.41 Å². The van der Waals surface area contributed by atoms with Gasteiger partial charge in [-0.25, -0.2) is 0 Å². The van der Waals surface area contributed by atoms with Crippen LogP contribution in [0.15, 0.2) is 24.3 Å². The van der Waals surface area contributed by atoms with Crippen LogP contribution in [-0.4, -0.2) is 6.10 Å². The summed E-state index contributed by atoms with van der Waals surface area (Å²) in [5.74, 6) is 0.903. The normalized spacial score (nSPS) is 16.9. The Morgan fingerprint density at radius 3 is 2.38 bits per heavy atom. The lowest BCUT2D eigenvalue weighted by molar-refractivity contribution is 0.242. The molecule has 0 N–H and O–H groups in total. The van der Waals surface area contributed by atoms with E-state index in [0.717, 1.165) is 25.0 Å². The standard InChI is InChI=1S/C14H17NO/c1-11(2)16-13-5-3-12(4-6-13)9-14(10-15)7-8-14/h3-6,11H,7-9H2,1-2H3. The Morgan fingerprint density at radius 2 is 1.94 bits per heavy atom. The third-order valence-corrected chi connectivity index (χ3v) is 2.93. The molecule has 2 heteroatoms. The van der Waals surface area contributed by atoms with Gasteiger partial charge in [0.25, 0.3) is 0 Å². The first-order valence-corrected chi connectivity index (χ1v) is 5.80. The Bertz CT molecular complexity index is 396. The number of hydrogen-bond donors (Lipinski definition) is 0. The molecule has 1 aliphatic rings. The molecular formula is C14H17NO. The van der Waals surface area contributed by atoms with Gasteiger partial charge >= 0.3 is 0 Å². The lowest BCUT2D eigenvalue weighted by atomic mass is 9.98. The molecule has 0 heterocycles. The molecule has 0 aromatic heterocycles. The van der Waals surface area contributed by atoms with E-state index in [2.05, 4.69) is 18.2 Å². The fourth-order valence-corrected chi connectivity index (χ4v) is 1.83. The van der Waals surface area contributed by atoms with Gasteiger partial charge in [-0.15, -0.1) is 0 Å². The van der Waals surface area contributed by atoms with Crippen molar-refractivity contribution in [3.8, 4) is 11.8 Å². The number of rotatable bonds is 4. The van der Waals surface area contributed by atoms with Gasteiger partial charge in [-0.2, -0.15) is 5.26 Å². The zero-order valence-corrected chi connectivity index (χ0v) is 9.86. The summed E-state index contributed by atoms with van der Waals surface area (Å²) in [5.41, 5.74) is 1.18. The molecule has 0 spiro atoms. The highest BCUT2D eigenvalue weighted by molar-refractivity contribution is 5.30. The van der Waals surface area contributed by atoms with Gasteiger partial charge < -0.3 is 4.74 Å². The Kier molecular flexibility index (Phi) is 2.87. The zero-order chi connectivity index (χ0) is 11.6. The maximum absolute atomic E-state index is 9.02. The molecule has 0 unspecified atom stereocenters. The molecule has 16 heavy (non-hydrogen) atoms. The predicted octanol–water partition coefficient (Wildman–Crippen LogP) is 3.32. The van der Waals surface area contributed by atoms with Gasteiger partial charge in [0.05, 0.1) is 17.6 Å². The van der Waals surface area contributed by atoms with Crippen molar-refractivity contribution in [2.45, 2.75) is 39.2 Å². The number of hydrogen-bond acceptors (Lipinski definition) is 2. The van der Waals surface area contributed by atoms with Gasteiger partial charge in [-0.1, -0.05) is 12.1 Å². The van der Waals surface area contributed by atoms with Gasteiger partial charge in [-0.3, -0.25) is 0 Å². The van der Waals surface area contributed by atoms with Crippen molar-refractivity contribution in [3.63, 3.8) is 0 Å². The quantitative estimate of drug-likeness (QED) is 0.771. The third-order valence-electron chi connectivity index (χ3n) is 2.93. The van der Waals surface area contributed by atoms with Crippen LogP contribution in [0, 0.1) is 16.7 Å². The van der Waals surface area contributed by atoms with Crippen molar-refractivity contribution in [1.29, 1.82) is 5.26 Å². The second-order valence-corrected chi connectivity index (χ2v) is 4.88. The van der Waals surface area contributed by atoms with Crippen LogP contribution in [0.1, 0.15) is 32.3 Å². The van der Waals surface area contributed by atoms with E-state index >= 15 is 0 Å². The Labute approximate surface area is 96.9 Å². The predicted molar refractivity (Wildman–Crippen MR) is 63.2 cm³/mol. The number of benzene rings is 1. The van der Waals surface area contributed by atoms with Crippen LogP contribution in [-0.2, 0) is 6.42 Å². The second kappa shape index (κ2) is 4.17. The molecular weight excluding hydrogens is 198 g/mol. The van der Waals surface area contributed by atoms with Crippen LogP contribution < -0.4 is 4.74 Å². The fourth-order valence-electron chi connectivity index (χ4n) is 1.83. The average Bonchev–Trinajstić information content (AvgIpc) is 3.01. The molecule has 2 rings (SSSR count). The fraction of sp³-hybridized carbons (Fsp3) is 0.500. The maximum atomic E-state index is 9.02. The van der Waals surface area contributed by atoms with E-state index in [9.17, 15) is 0 Å². The molecule has 0 amide bonds. The minimum atomic E-state index is -0.0551. The molecule has 84 valence electrons. The maximum Gasteiger partial charge on any atom is 0.119 e.